The van der Waals surface area contributed by atoms with Crippen LogP contribution in [0.2, 0.25) is 0 Å². The fraction of sp³-hybridized carbons (Fsp3) is 0.923. The van der Waals surface area contributed by atoms with Gasteiger partial charge in [-0.25, -0.2) is 0 Å². The van der Waals surface area contributed by atoms with Crippen LogP contribution >= 0.6 is 0 Å². The van der Waals surface area contributed by atoms with Crippen molar-refractivity contribution in [3.8, 4) is 0 Å². The van der Waals surface area contributed by atoms with Crippen LogP contribution < -0.4 is 5.73 Å². The number of nitrogens with zero attached hydrogens (tertiary/aromatic N) is 1. The summed E-state index contributed by atoms with van der Waals surface area (Å²) in [6, 6.07) is 0.371. The topological polar surface area (TPSA) is 66.6 Å². The zero-order valence-electron chi connectivity index (χ0n) is 10.7. The van der Waals surface area contributed by atoms with E-state index in [1.807, 2.05) is 11.8 Å². The number of rotatable bonds is 6. The lowest BCUT2D eigenvalue weighted by atomic mass is 9.88. The number of nitrogens with two attached hydrogens (primary N) is 1. The molecule has 0 bridgehead atoms. The van der Waals surface area contributed by atoms with E-state index in [4.69, 9.17) is 10.8 Å². The molecule has 17 heavy (non-hydrogen) atoms. The fourth-order valence-electron chi connectivity index (χ4n) is 2.56. The molecule has 3 N–H and O–H groups in total. The fourth-order valence-corrected chi connectivity index (χ4v) is 2.56. The summed E-state index contributed by atoms with van der Waals surface area (Å²) in [6.07, 6.45) is 6.21. The average molecular weight is 240 g/mol. The van der Waals surface area contributed by atoms with Crippen molar-refractivity contribution in [3.63, 3.8) is 0 Å². The van der Waals surface area contributed by atoms with Crippen LogP contribution in [0.15, 0.2) is 0 Å². The van der Waals surface area contributed by atoms with E-state index in [9.17, 15) is 4.79 Å². The molecule has 0 aliphatic heterocycles. The average Bonchev–Trinajstić information content (AvgIpc) is 3.03. The maximum Gasteiger partial charge on any atom is 0.242 e. The van der Waals surface area contributed by atoms with E-state index in [2.05, 4.69) is 0 Å². The summed E-state index contributed by atoms with van der Waals surface area (Å²) in [6.45, 7) is 2.67. The van der Waals surface area contributed by atoms with Crippen LogP contribution in [0.25, 0.3) is 0 Å². The van der Waals surface area contributed by atoms with Crippen molar-refractivity contribution in [2.75, 3.05) is 13.2 Å². The lowest BCUT2D eigenvalue weighted by Crippen LogP contribution is -2.58. The van der Waals surface area contributed by atoms with Gasteiger partial charge < -0.3 is 15.7 Å². The second kappa shape index (κ2) is 4.94. The molecular formula is C13H24N2O2. The lowest BCUT2D eigenvalue weighted by Gasteiger charge is -2.41. The Morgan fingerprint density at radius 2 is 2.06 bits per heavy atom. The number of hydrogen-bond donors (Lipinski definition) is 2. The van der Waals surface area contributed by atoms with Crippen LogP contribution in [0, 0.1) is 5.92 Å². The summed E-state index contributed by atoms with van der Waals surface area (Å²) < 4.78 is 0. The van der Waals surface area contributed by atoms with Gasteiger partial charge in [-0.3, -0.25) is 4.79 Å². The van der Waals surface area contributed by atoms with Gasteiger partial charge in [0.15, 0.2) is 0 Å². The van der Waals surface area contributed by atoms with Crippen molar-refractivity contribution in [2.45, 2.75) is 57.0 Å². The highest BCUT2D eigenvalue weighted by Gasteiger charge is 2.47. The van der Waals surface area contributed by atoms with Gasteiger partial charge in [-0.1, -0.05) is 0 Å². The van der Waals surface area contributed by atoms with Crippen LogP contribution in [0.1, 0.15) is 45.4 Å². The van der Waals surface area contributed by atoms with Gasteiger partial charge in [0.25, 0.3) is 0 Å². The van der Waals surface area contributed by atoms with Gasteiger partial charge >= 0.3 is 0 Å². The Morgan fingerprint density at radius 3 is 2.47 bits per heavy atom. The first kappa shape index (κ1) is 12.8. The molecule has 2 fully saturated rings. The Bertz CT molecular complexity index is 283. The Morgan fingerprint density at radius 1 is 1.41 bits per heavy atom. The number of hydrogen-bond acceptors (Lipinski definition) is 3. The van der Waals surface area contributed by atoms with Crippen molar-refractivity contribution in [3.05, 3.63) is 0 Å². The highest BCUT2D eigenvalue weighted by Crippen LogP contribution is 2.40. The number of carbonyl (C=O) groups excluding carboxylic acids is 1. The molecule has 2 saturated carbocycles. The first-order valence-electron chi connectivity index (χ1n) is 6.78. The summed E-state index contributed by atoms with van der Waals surface area (Å²) in [5.74, 6) is 0.463. The van der Waals surface area contributed by atoms with Crippen LogP contribution in [0.3, 0.4) is 0 Å². The molecule has 1 unspecified atom stereocenters. The third-order valence-corrected chi connectivity index (χ3v) is 4.22. The third kappa shape index (κ3) is 2.63. The zero-order valence-corrected chi connectivity index (χ0v) is 10.7. The number of aliphatic hydroxyl groups excluding tert-OH is 1. The molecule has 4 nitrogen and oxygen atoms in total. The Labute approximate surface area is 103 Å². The monoisotopic (exact) mass is 240 g/mol. The minimum atomic E-state index is -0.689. The molecule has 0 aromatic heterocycles. The molecule has 2 aliphatic rings. The minimum Gasteiger partial charge on any atom is -0.396 e. The molecule has 0 aromatic carbocycles. The zero-order chi connectivity index (χ0) is 12.5. The van der Waals surface area contributed by atoms with Crippen molar-refractivity contribution in [1.82, 2.24) is 4.90 Å². The number of carbonyl (C=O) groups is 1. The molecule has 2 rings (SSSR count). The quantitative estimate of drug-likeness (QED) is 0.724. The SMILES string of the molecule is CC(N)(C(=O)N(CCCO)C1CCC1)C1CC1. The van der Waals surface area contributed by atoms with E-state index in [0.29, 0.717) is 24.9 Å². The summed E-state index contributed by atoms with van der Waals surface area (Å²) in [5.41, 5.74) is 5.51. The first-order valence-corrected chi connectivity index (χ1v) is 6.78. The molecule has 0 radical (unpaired) electrons. The smallest absolute Gasteiger partial charge is 0.242 e. The minimum absolute atomic E-state index is 0.0955. The van der Waals surface area contributed by atoms with Gasteiger partial charge in [0.2, 0.25) is 5.91 Å². The molecule has 0 saturated heterocycles. The van der Waals surface area contributed by atoms with E-state index in [0.717, 1.165) is 25.7 Å². The largest absolute Gasteiger partial charge is 0.396 e. The maximum absolute atomic E-state index is 12.5. The van der Waals surface area contributed by atoms with E-state index in [-0.39, 0.29) is 12.5 Å². The van der Waals surface area contributed by atoms with Crippen LogP contribution in [0.5, 0.6) is 0 Å². The predicted molar refractivity (Wildman–Crippen MR) is 66.4 cm³/mol. The summed E-state index contributed by atoms with van der Waals surface area (Å²) in [7, 11) is 0. The standard InChI is InChI=1S/C13H24N2O2/c1-13(14,10-6-7-10)12(17)15(8-3-9-16)11-4-2-5-11/h10-11,16H,2-9,14H2,1H3. The molecule has 98 valence electrons. The van der Waals surface area contributed by atoms with Gasteiger partial charge in [0.05, 0.1) is 5.54 Å². The van der Waals surface area contributed by atoms with Gasteiger partial charge in [-0.05, 0) is 51.4 Å². The number of aliphatic hydroxyl groups is 1. The van der Waals surface area contributed by atoms with Crippen molar-refractivity contribution < 1.29 is 9.90 Å². The van der Waals surface area contributed by atoms with Gasteiger partial charge in [0.1, 0.15) is 0 Å². The highest BCUT2D eigenvalue weighted by atomic mass is 16.3. The summed E-state index contributed by atoms with van der Waals surface area (Å²) in [4.78, 5) is 14.4. The molecule has 1 atom stereocenters. The third-order valence-electron chi connectivity index (χ3n) is 4.22. The lowest BCUT2D eigenvalue weighted by molar-refractivity contribution is -0.141. The Kier molecular flexibility index (Phi) is 3.73. The predicted octanol–water partition coefficient (Wildman–Crippen LogP) is 0.877. The second-order valence-corrected chi connectivity index (χ2v) is 5.72. The van der Waals surface area contributed by atoms with E-state index in [1.165, 1.54) is 6.42 Å². The molecule has 0 spiro atoms. The Balaban J connectivity index is 2.00. The normalized spacial score (nSPS) is 23.9. The van der Waals surface area contributed by atoms with Gasteiger partial charge in [-0.15, -0.1) is 0 Å². The van der Waals surface area contributed by atoms with Gasteiger partial charge in [-0.2, -0.15) is 0 Å². The molecule has 1 amide bonds. The molecule has 0 aromatic rings. The van der Waals surface area contributed by atoms with Crippen molar-refractivity contribution in [1.29, 1.82) is 0 Å². The summed E-state index contributed by atoms with van der Waals surface area (Å²) in [5, 5.41) is 8.92. The van der Waals surface area contributed by atoms with E-state index in [1.54, 1.807) is 0 Å². The highest BCUT2D eigenvalue weighted by molar-refractivity contribution is 5.86. The summed E-state index contributed by atoms with van der Waals surface area (Å²) >= 11 is 0. The molecule has 0 heterocycles. The number of amides is 1. The van der Waals surface area contributed by atoms with Crippen molar-refractivity contribution in [2.24, 2.45) is 11.7 Å². The van der Waals surface area contributed by atoms with E-state index >= 15 is 0 Å². The molecule has 4 heteroatoms. The first-order chi connectivity index (χ1) is 8.07. The van der Waals surface area contributed by atoms with E-state index < -0.39 is 5.54 Å². The Hall–Kier alpha value is -0.610. The maximum atomic E-state index is 12.5. The molecule has 2 aliphatic carbocycles. The van der Waals surface area contributed by atoms with Gasteiger partial charge in [0, 0.05) is 19.2 Å². The van der Waals surface area contributed by atoms with Crippen LogP contribution in [-0.4, -0.2) is 40.6 Å². The second-order valence-electron chi connectivity index (χ2n) is 5.72. The van der Waals surface area contributed by atoms with Crippen LogP contribution in [-0.2, 0) is 4.79 Å². The van der Waals surface area contributed by atoms with Crippen molar-refractivity contribution >= 4 is 5.91 Å². The molecular weight excluding hydrogens is 216 g/mol. The van der Waals surface area contributed by atoms with Crippen LogP contribution in [0.4, 0.5) is 0 Å².